The van der Waals surface area contributed by atoms with Crippen LogP contribution in [0.15, 0.2) is 0 Å². The van der Waals surface area contributed by atoms with Crippen molar-refractivity contribution in [3.05, 3.63) is 0 Å². The van der Waals surface area contributed by atoms with Crippen LogP contribution in [0.5, 0.6) is 0 Å². The SMILES string of the molecule is C1CNCCN1.[Br][Pb]([Br])([Br])[Br]. The molecule has 2 N–H and O–H groups in total. The van der Waals surface area contributed by atoms with Crippen molar-refractivity contribution in [1.82, 2.24) is 10.6 Å². The van der Waals surface area contributed by atoms with E-state index >= 15 is 0 Å². The van der Waals surface area contributed by atoms with E-state index in [4.69, 9.17) is 0 Å². The predicted octanol–water partition coefficient (Wildman–Crippen LogP) is 2.18. The van der Waals surface area contributed by atoms with Crippen molar-refractivity contribution in [1.29, 1.82) is 0 Å². The predicted molar refractivity (Wildman–Crippen MR) is 67.2 cm³/mol. The Kier molecular flexibility index (Phi) is 10.1. The molecule has 68 valence electrons. The van der Waals surface area contributed by atoms with Gasteiger partial charge in [0.25, 0.3) is 0 Å². The molecule has 0 atom stereocenters. The molecule has 0 saturated carbocycles. The Morgan fingerprint density at radius 3 is 1.00 bits per heavy atom. The zero-order valence-electron chi connectivity index (χ0n) is 5.84. The summed E-state index contributed by atoms with van der Waals surface area (Å²) in [6, 6.07) is 0. The fraction of sp³-hybridized carbons (Fsp3) is 1.00. The van der Waals surface area contributed by atoms with Gasteiger partial charge < -0.3 is 10.6 Å². The van der Waals surface area contributed by atoms with Gasteiger partial charge in [-0.3, -0.25) is 0 Å². The van der Waals surface area contributed by atoms with Crippen molar-refractivity contribution < 1.29 is 0 Å². The molecule has 1 aliphatic heterocycles. The quantitative estimate of drug-likeness (QED) is 0.410. The minimum absolute atomic E-state index is 1.14. The van der Waals surface area contributed by atoms with E-state index in [0.29, 0.717) is 0 Å². The Hall–Kier alpha value is 2.76. The first-order valence-corrected chi connectivity index (χ1v) is 36.9. The van der Waals surface area contributed by atoms with Crippen LogP contribution in [-0.2, 0) is 0 Å². The molecule has 0 aromatic rings. The summed E-state index contributed by atoms with van der Waals surface area (Å²) in [5.41, 5.74) is 0. The van der Waals surface area contributed by atoms with Gasteiger partial charge >= 0.3 is 59.5 Å². The van der Waals surface area contributed by atoms with Crippen molar-refractivity contribution in [3.63, 3.8) is 0 Å². The van der Waals surface area contributed by atoms with Crippen LogP contribution in [0.3, 0.4) is 0 Å². The average Bonchev–Trinajstić information content (AvgIpc) is 1.88. The summed E-state index contributed by atoms with van der Waals surface area (Å²) in [6.07, 6.45) is 0. The topological polar surface area (TPSA) is 24.1 Å². The van der Waals surface area contributed by atoms with E-state index in [1.165, 1.54) is 0 Å². The molecule has 1 aliphatic rings. The van der Waals surface area contributed by atoms with E-state index in [2.05, 4.69) is 58.6 Å². The Labute approximate surface area is 94.5 Å². The molecule has 0 aliphatic carbocycles. The second kappa shape index (κ2) is 8.10. The van der Waals surface area contributed by atoms with E-state index in [9.17, 15) is 0 Å². The first-order valence-electron chi connectivity index (χ1n) is 3.17. The van der Waals surface area contributed by atoms with Crippen molar-refractivity contribution in [2.45, 2.75) is 0 Å². The molecule has 7 heteroatoms. The number of hydrogen-bond acceptors (Lipinski definition) is 2. The summed E-state index contributed by atoms with van der Waals surface area (Å²) in [4.78, 5) is 0. The van der Waals surface area contributed by atoms with Crippen LogP contribution in [-0.4, -0.2) is 37.7 Å². The minimum atomic E-state index is -2.03. The fourth-order valence-electron chi connectivity index (χ4n) is 0.604. The van der Waals surface area contributed by atoms with Crippen molar-refractivity contribution in [2.75, 3.05) is 26.2 Å². The van der Waals surface area contributed by atoms with Crippen LogP contribution in [0.1, 0.15) is 0 Å². The molecule has 1 saturated heterocycles. The normalized spacial score (nSPS) is 18.5. The van der Waals surface area contributed by atoms with E-state index in [1.54, 1.807) is 0 Å². The van der Waals surface area contributed by atoms with Crippen LogP contribution < -0.4 is 10.6 Å². The van der Waals surface area contributed by atoms with E-state index in [-0.39, 0.29) is 0 Å². The summed E-state index contributed by atoms with van der Waals surface area (Å²) in [5, 5.41) is 6.44. The third-order valence-corrected chi connectivity index (χ3v) is 0.957. The molecule has 1 fully saturated rings. The van der Waals surface area contributed by atoms with E-state index in [1.807, 2.05) is 0 Å². The number of piperazine rings is 1. The van der Waals surface area contributed by atoms with Crippen LogP contribution in [0.4, 0.5) is 0 Å². The zero-order chi connectivity index (χ0) is 8.74. The molecule has 0 unspecified atom stereocenters. The van der Waals surface area contributed by atoms with Gasteiger partial charge in [-0.05, 0) is 0 Å². The Morgan fingerprint density at radius 1 is 0.727 bits per heavy atom. The third-order valence-electron chi connectivity index (χ3n) is 0.957. The van der Waals surface area contributed by atoms with Gasteiger partial charge in [0.15, 0.2) is 0 Å². The van der Waals surface area contributed by atoms with E-state index < -0.39 is 11.5 Å². The standard InChI is InChI=1S/C4H10N2.4BrH.Pb/c1-2-6-4-3-5-1;;;;;/h5-6H,1-4H2;4*1H;/q;;;;;+4/p-4. The first-order chi connectivity index (χ1) is 5.00. The van der Waals surface area contributed by atoms with Crippen molar-refractivity contribution >= 4 is 59.5 Å². The Bertz CT molecular complexity index is 75.1. The first kappa shape index (κ1) is 13.8. The summed E-state index contributed by atoms with van der Waals surface area (Å²) in [5.74, 6) is 0. The van der Waals surface area contributed by atoms with E-state index in [0.717, 1.165) is 26.2 Å². The van der Waals surface area contributed by atoms with Crippen LogP contribution in [0, 0.1) is 0 Å². The molecule has 0 aromatic carbocycles. The van der Waals surface area contributed by atoms with Gasteiger partial charge in [-0.2, -0.15) is 0 Å². The Balaban J connectivity index is 0.000000187. The molecular formula is C4H10Br4N2Pb. The average molecular weight is 613 g/mol. The molecule has 1 rings (SSSR count). The van der Waals surface area contributed by atoms with Gasteiger partial charge in [0, 0.05) is 26.2 Å². The maximum atomic E-state index is 3.35. The Morgan fingerprint density at radius 2 is 0.909 bits per heavy atom. The summed E-state index contributed by atoms with van der Waals surface area (Å²) in [7, 11) is 0. The summed E-state index contributed by atoms with van der Waals surface area (Å²) in [6.45, 7) is 4.56. The third kappa shape index (κ3) is 19.3. The molecule has 0 spiro atoms. The number of nitrogens with one attached hydrogen (secondary N) is 2. The monoisotopic (exact) mass is 610 g/mol. The number of halogens is 4. The number of hydrogen-bond donors (Lipinski definition) is 2. The van der Waals surface area contributed by atoms with Crippen molar-refractivity contribution in [3.8, 4) is 0 Å². The fourth-order valence-corrected chi connectivity index (χ4v) is 0.604. The van der Waals surface area contributed by atoms with Crippen LogP contribution in [0.25, 0.3) is 0 Å². The number of rotatable bonds is 0. The van der Waals surface area contributed by atoms with Gasteiger partial charge in [0.05, 0.1) is 0 Å². The summed E-state index contributed by atoms with van der Waals surface area (Å²) >= 11 is 11.4. The molecule has 0 aromatic heterocycles. The van der Waals surface area contributed by atoms with Crippen molar-refractivity contribution in [2.24, 2.45) is 0 Å². The van der Waals surface area contributed by atoms with Gasteiger partial charge in [-0.1, -0.05) is 0 Å². The van der Waals surface area contributed by atoms with Gasteiger partial charge in [0.1, 0.15) is 0 Å². The molecule has 0 bridgehead atoms. The van der Waals surface area contributed by atoms with Gasteiger partial charge in [0.2, 0.25) is 0 Å². The molecule has 0 radical (unpaired) electrons. The molecular weight excluding hydrogens is 603 g/mol. The maximum absolute atomic E-state index is 3.35. The van der Waals surface area contributed by atoms with Gasteiger partial charge in [-0.15, -0.1) is 0 Å². The molecule has 1 heterocycles. The second-order valence-corrected chi connectivity index (χ2v) is 103. The molecule has 11 heavy (non-hydrogen) atoms. The van der Waals surface area contributed by atoms with Crippen LogP contribution in [0.2, 0.25) is 0 Å². The second-order valence-electron chi connectivity index (χ2n) is 1.93. The summed E-state index contributed by atoms with van der Waals surface area (Å²) < 4.78 is 0. The van der Waals surface area contributed by atoms with Crippen LogP contribution >= 0.6 is 47.9 Å². The zero-order valence-corrected chi connectivity index (χ0v) is 16.1. The van der Waals surface area contributed by atoms with Gasteiger partial charge in [-0.25, -0.2) is 0 Å². The molecule has 2 nitrogen and oxygen atoms in total. The molecule has 0 amide bonds.